The maximum atomic E-state index is 12.7. The Labute approximate surface area is 125 Å². The van der Waals surface area contributed by atoms with E-state index in [-0.39, 0.29) is 5.91 Å². The van der Waals surface area contributed by atoms with Crippen molar-refractivity contribution in [3.05, 3.63) is 34.9 Å². The lowest BCUT2D eigenvalue weighted by atomic mass is 9.77. The molecule has 21 heavy (non-hydrogen) atoms. The number of hydrogen-bond acceptors (Lipinski definition) is 2. The Kier molecular flexibility index (Phi) is 4.35. The van der Waals surface area contributed by atoms with Crippen molar-refractivity contribution in [3.63, 3.8) is 0 Å². The van der Waals surface area contributed by atoms with Crippen LogP contribution >= 0.6 is 0 Å². The average Bonchev–Trinajstić information content (AvgIpc) is 2.49. The molecule has 1 N–H and O–H groups in total. The van der Waals surface area contributed by atoms with E-state index in [2.05, 4.69) is 0 Å². The minimum atomic E-state index is -0.788. The van der Waals surface area contributed by atoms with Gasteiger partial charge < -0.3 is 10.0 Å². The molecule has 1 aliphatic heterocycles. The van der Waals surface area contributed by atoms with Crippen LogP contribution in [0, 0.1) is 19.3 Å². The topological polar surface area (TPSA) is 57.6 Å². The molecular weight excluding hydrogens is 266 g/mol. The molecule has 1 fully saturated rings. The van der Waals surface area contributed by atoms with Gasteiger partial charge in [-0.25, -0.2) is 0 Å². The van der Waals surface area contributed by atoms with E-state index in [0.717, 1.165) is 17.5 Å². The van der Waals surface area contributed by atoms with E-state index in [1.54, 1.807) is 4.90 Å². The van der Waals surface area contributed by atoms with Gasteiger partial charge in [0.05, 0.1) is 5.41 Å². The Morgan fingerprint density at radius 2 is 2.05 bits per heavy atom. The molecule has 0 radical (unpaired) electrons. The average molecular weight is 289 g/mol. The van der Waals surface area contributed by atoms with Crippen molar-refractivity contribution in [2.75, 3.05) is 13.1 Å². The van der Waals surface area contributed by atoms with Crippen LogP contribution in [-0.2, 0) is 4.79 Å². The number of carboxylic acids is 1. The highest BCUT2D eigenvalue weighted by Crippen LogP contribution is 2.34. The normalized spacial score (nSPS) is 22.1. The van der Waals surface area contributed by atoms with Crippen LogP contribution in [0.2, 0.25) is 0 Å². The number of carbonyl (C=O) groups is 2. The third-order valence-corrected chi connectivity index (χ3v) is 4.83. The quantitative estimate of drug-likeness (QED) is 0.930. The molecule has 1 aliphatic rings. The molecule has 1 aromatic rings. The largest absolute Gasteiger partial charge is 0.481 e. The second-order valence-electron chi connectivity index (χ2n) is 6.02. The predicted octanol–water partition coefficient (Wildman–Crippen LogP) is 3.02. The number of amides is 1. The summed E-state index contributed by atoms with van der Waals surface area (Å²) in [6, 6.07) is 5.69. The lowest BCUT2D eigenvalue weighted by molar-refractivity contribution is -0.152. The summed E-state index contributed by atoms with van der Waals surface area (Å²) in [5, 5.41) is 9.52. The zero-order valence-electron chi connectivity index (χ0n) is 13.0. The minimum Gasteiger partial charge on any atom is -0.481 e. The van der Waals surface area contributed by atoms with Crippen molar-refractivity contribution >= 4 is 11.9 Å². The smallest absolute Gasteiger partial charge is 0.311 e. The van der Waals surface area contributed by atoms with Crippen molar-refractivity contribution in [2.24, 2.45) is 5.41 Å². The number of likely N-dealkylation sites (tertiary alicyclic amines) is 1. The van der Waals surface area contributed by atoms with Gasteiger partial charge in [-0.1, -0.05) is 19.1 Å². The van der Waals surface area contributed by atoms with E-state index in [4.69, 9.17) is 0 Å². The van der Waals surface area contributed by atoms with Crippen LogP contribution < -0.4 is 0 Å². The number of carbonyl (C=O) groups excluding carboxylic acids is 1. The second-order valence-corrected chi connectivity index (χ2v) is 6.02. The molecule has 2 rings (SSSR count). The molecule has 0 bridgehead atoms. The summed E-state index contributed by atoms with van der Waals surface area (Å²) in [6.45, 7) is 6.76. The first-order valence-electron chi connectivity index (χ1n) is 7.50. The maximum Gasteiger partial charge on any atom is 0.311 e. The number of piperidine rings is 1. The zero-order valence-corrected chi connectivity index (χ0v) is 13.0. The van der Waals surface area contributed by atoms with Crippen molar-refractivity contribution in [1.82, 2.24) is 4.90 Å². The Bertz CT molecular complexity index is 567. The number of aryl methyl sites for hydroxylation is 1. The molecule has 0 aliphatic carbocycles. The SMILES string of the molecule is CCC1(C(=O)O)CCCN(C(=O)c2cccc(C)c2C)C1. The highest BCUT2D eigenvalue weighted by molar-refractivity contribution is 5.96. The van der Waals surface area contributed by atoms with E-state index in [9.17, 15) is 14.7 Å². The Morgan fingerprint density at radius 3 is 2.67 bits per heavy atom. The first kappa shape index (κ1) is 15.5. The van der Waals surface area contributed by atoms with Gasteiger partial charge in [0.25, 0.3) is 5.91 Å². The standard InChI is InChI=1S/C17H23NO3/c1-4-17(16(20)21)9-6-10-18(11-17)15(19)14-8-5-7-12(2)13(14)3/h5,7-8H,4,6,9-11H2,1-3H3,(H,20,21). The van der Waals surface area contributed by atoms with Crippen molar-refractivity contribution in [3.8, 4) is 0 Å². The zero-order chi connectivity index (χ0) is 15.6. The molecule has 1 unspecified atom stereocenters. The van der Waals surface area contributed by atoms with Gasteiger partial charge in [0.1, 0.15) is 0 Å². The summed E-state index contributed by atoms with van der Waals surface area (Å²) in [7, 11) is 0. The van der Waals surface area contributed by atoms with Gasteiger partial charge in [0.2, 0.25) is 0 Å². The summed E-state index contributed by atoms with van der Waals surface area (Å²) in [6.07, 6.45) is 1.95. The van der Waals surface area contributed by atoms with Crippen LogP contribution in [0.5, 0.6) is 0 Å². The molecule has 1 heterocycles. The number of nitrogens with zero attached hydrogens (tertiary/aromatic N) is 1. The minimum absolute atomic E-state index is 0.0463. The fourth-order valence-corrected chi connectivity index (χ4v) is 3.07. The van der Waals surface area contributed by atoms with Gasteiger partial charge in [-0.15, -0.1) is 0 Å². The lowest BCUT2D eigenvalue weighted by Gasteiger charge is -2.39. The molecule has 114 valence electrons. The molecule has 0 spiro atoms. The molecule has 1 atom stereocenters. The van der Waals surface area contributed by atoms with Crippen LogP contribution in [0.4, 0.5) is 0 Å². The van der Waals surface area contributed by atoms with Gasteiger partial charge >= 0.3 is 5.97 Å². The van der Waals surface area contributed by atoms with E-state index >= 15 is 0 Å². The fourth-order valence-electron chi connectivity index (χ4n) is 3.07. The van der Waals surface area contributed by atoms with Gasteiger partial charge in [-0.05, 0) is 50.3 Å². The van der Waals surface area contributed by atoms with Gasteiger partial charge in [-0.2, -0.15) is 0 Å². The molecule has 4 heteroatoms. The Balaban J connectivity index is 2.27. The van der Waals surface area contributed by atoms with E-state index in [1.807, 2.05) is 39.0 Å². The first-order chi connectivity index (χ1) is 9.91. The van der Waals surface area contributed by atoms with Crippen LogP contribution in [0.15, 0.2) is 18.2 Å². The highest BCUT2D eigenvalue weighted by Gasteiger charge is 2.42. The summed E-state index contributed by atoms with van der Waals surface area (Å²) in [4.78, 5) is 26.0. The number of carboxylic acid groups (broad SMARTS) is 1. The second kappa shape index (κ2) is 5.88. The molecule has 0 saturated carbocycles. The van der Waals surface area contributed by atoms with E-state index in [1.165, 1.54) is 0 Å². The van der Waals surface area contributed by atoms with Gasteiger partial charge in [0.15, 0.2) is 0 Å². The summed E-state index contributed by atoms with van der Waals surface area (Å²) in [5.74, 6) is -0.835. The molecule has 0 aromatic heterocycles. The molecule has 4 nitrogen and oxygen atoms in total. The predicted molar refractivity (Wildman–Crippen MR) is 81.4 cm³/mol. The fraction of sp³-hybridized carbons (Fsp3) is 0.529. The van der Waals surface area contributed by atoms with Crippen LogP contribution in [-0.4, -0.2) is 35.0 Å². The van der Waals surface area contributed by atoms with Crippen LogP contribution in [0.1, 0.15) is 47.7 Å². The number of aliphatic carboxylic acids is 1. The van der Waals surface area contributed by atoms with E-state index < -0.39 is 11.4 Å². The number of benzene rings is 1. The first-order valence-corrected chi connectivity index (χ1v) is 7.50. The highest BCUT2D eigenvalue weighted by atomic mass is 16.4. The van der Waals surface area contributed by atoms with Crippen molar-refractivity contribution in [2.45, 2.75) is 40.0 Å². The molecular formula is C17H23NO3. The summed E-state index contributed by atoms with van der Waals surface area (Å²) < 4.78 is 0. The van der Waals surface area contributed by atoms with Crippen molar-refractivity contribution in [1.29, 1.82) is 0 Å². The van der Waals surface area contributed by atoms with Crippen LogP contribution in [0.3, 0.4) is 0 Å². The monoisotopic (exact) mass is 289 g/mol. The van der Waals surface area contributed by atoms with Gasteiger partial charge in [0, 0.05) is 18.7 Å². The molecule has 1 amide bonds. The maximum absolute atomic E-state index is 12.7. The third kappa shape index (κ3) is 2.80. The Morgan fingerprint density at radius 1 is 1.33 bits per heavy atom. The van der Waals surface area contributed by atoms with Crippen molar-refractivity contribution < 1.29 is 14.7 Å². The molecule has 1 aromatic carbocycles. The summed E-state index contributed by atoms with van der Waals surface area (Å²) in [5.41, 5.74) is 1.96. The lowest BCUT2D eigenvalue weighted by Crippen LogP contribution is -2.49. The third-order valence-electron chi connectivity index (χ3n) is 4.83. The van der Waals surface area contributed by atoms with Gasteiger partial charge in [-0.3, -0.25) is 9.59 Å². The molecule has 1 saturated heterocycles. The number of rotatable bonds is 3. The van der Waals surface area contributed by atoms with Crippen LogP contribution in [0.25, 0.3) is 0 Å². The van der Waals surface area contributed by atoms with E-state index in [0.29, 0.717) is 31.5 Å². The number of hydrogen-bond donors (Lipinski definition) is 1. The Hall–Kier alpha value is -1.84. The summed E-state index contributed by atoms with van der Waals surface area (Å²) >= 11 is 0.